The number of aryl methyl sites for hydroxylation is 3. The van der Waals surface area contributed by atoms with Crippen molar-refractivity contribution in [3.8, 4) is 11.4 Å². The van der Waals surface area contributed by atoms with Crippen molar-refractivity contribution in [2.75, 3.05) is 0 Å². The first kappa shape index (κ1) is 83.4. The quantitative estimate of drug-likeness (QED) is 0.0495. The second-order valence-electron chi connectivity index (χ2n) is 24.9. The molecular weight excluding hydrogens is 1610 g/mol. The van der Waals surface area contributed by atoms with Gasteiger partial charge in [0, 0.05) is 57.7 Å². The molecule has 16 heteroatoms. The maximum absolute atomic E-state index is 5.80. The van der Waals surface area contributed by atoms with Gasteiger partial charge >= 0.3 is 0 Å². The molecule has 18 aromatic rings. The third kappa shape index (κ3) is 24.2. The fourth-order valence-corrected chi connectivity index (χ4v) is 22.0. The van der Waals surface area contributed by atoms with Crippen LogP contribution in [0.4, 0.5) is 0 Å². The normalized spacial score (nSPS) is 10.5. The summed E-state index contributed by atoms with van der Waals surface area (Å²) in [6.45, 7) is 2.03. The van der Waals surface area contributed by atoms with Gasteiger partial charge in [-0.3, -0.25) is 9.36 Å². The largest absolute Gasteiger partial charge is 0.268 e. The first-order chi connectivity index (χ1) is 55.1. The van der Waals surface area contributed by atoms with Crippen molar-refractivity contribution in [1.29, 1.82) is 0 Å². The Morgan fingerprint density at radius 1 is 0.239 bits per heavy atom. The molecule has 113 heavy (non-hydrogen) atoms. The van der Waals surface area contributed by atoms with Crippen LogP contribution in [0.3, 0.4) is 0 Å². The molecule has 0 N–H and O–H groups in total. The van der Waals surface area contributed by atoms with E-state index in [1.54, 1.807) is 18.3 Å². The van der Waals surface area contributed by atoms with E-state index in [1.165, 1.54) is 80.8 Å². The van der Waals surface area contributed by atoms with Gasteiger partial charge in [0.25, 0.3) is 0 Å². The predicted octanol–water partition coefficient (Wildman–Crippen LogP) is 20.1. The van der Waals surface area contributed by atoms with Crippen LogP contribution in [-0.4, -0.2) is 39.5 Å². The first-order valence-electron chi connectivity index (χ1n) is 36.4. The van der Waals surface area contributed by atoms with E-state index in [-0.39, 0.29) is 31.0 Å². The Balaban J connectivity index is 0.000000132. The number of fused-ring (bicyclic) bond motifs is 2. The maximum atomic E-state index is 5.80. The van der Waals surface area contributed by atoms with E-state index in [2.05, 4.69) is 406 Å². The van der Waals surface area contributed by atoms with Crippen molar-refractivity contribution in [3.05, 3.63) is 458 Å². The molecule has 0 unspecified atom stereocenters. The fraction of sp³-hybridized carbons (Fsp3) is 0.0309. The van der Waals surface area contributed by atoms with Crippen LogP contribution >= 0.6 is 66.5 Å². The van der Waals surface area contributed by atoms with Gasteiger partial charge in [-0.25, -0.2) is 19.9 Å². The third-order valence-electron chi connectivity index (χ3n) is 17.3. The Hall–Kier alpha value is -10.6. The van der Waals surface area contributed by atoms with Gasteiger partial charge in [0.05, 0.1) is 22.4 Å². The molecule has 0 aliphatic rings. The van der Waals surface area contributed by atoms with Gasteiger partial charge in [-0.05, 0) is 150 Å². The van der Waals surface area contributed by atoms with Crippen LogP contribution in [0.15, 0.2) is 437 Å². The van der Waals surface area contributed by atoms with Crippen LogP contribution < -0.4 is 63.7 Å². The minimum atomic E-state index is -0.446. The Morgan fingerprint density at radius 3 is 0.681 bits per heavy atom. The third-order valence-corrected chi connectivity index (χ3v) is 27.7. The summed E-state index contributed by atoms with van der Waals surface area (Å²) < 4.78 is 3.74. The number of rotatable bonds is 13. The van der Waals surface area contributed by atoms with Gasteiger partial charge in [0.1, 0.15) is 10.8 Å². The summed E-state index contributed by atoms with van der Waals surface area (Å²) in [6.07, 6.45) is 3.13. The van der Waals surface area contributed by atoms with Crippen molar-refractivity contribution in [2.24, 2.45) is 14.1 Å². The van der Waals surface area contributed by atoms with Crippen molar-refractivity contribution in [3.63, 3.8) is 0 Å². The molecule has 0 saturated heterocycles. The predicted molar refractivity (Wildman–Crippen MR) is 485 cm³/mol. The van der Waals surface area contributed by atoms with Gasteiger partial charge in [0.2, 0.25) is 10.6 Å². The van der Waals surface area contributed by atoms with E-state index < -0.39 is 31.7 Å². The summed E-state index contributed by atoms with van der Waals surface area (Å²) in [5, 5.41) is 28.6. The van der Waals surface area contributed by atoms with E-state index in [9.17, 15) is 0 Å². The van der Waals surface area contributed by atoms with Gasteiger partial charge < -0.3 is 0 Å². The van der Waals surface area contributed by atoms with E-state index in [4.69, 9.17) is 34.8 Å². The second kappa shape index (κ2) is 44.6. The number of nitrogens with zero attached hydrogens (tertiary/aromatic N) is 8. The number of hydrogen-bond donors (Lipinski definition) is 0. The molecule has 18 rings (SSSR count). The number of aromatic nitrogens is 8. The monoisotopic (exact) mass is 1690 g/mol. The first-order valence-corrected chi connectivity index (χ1v) is 42.9. The summed E-state index contributed by atoms with van der Waals surface area (Å²) in [4.78, 5) is 15.3. The number of hydrogen-bond acceptors (Lipinski definition) is 6. The Kier molecular flexibility index (Phi) is 32.9. The molecule has 0 bridgehead atoms. The summed E-state index contributed by atoms with van der Waals surface area (Å²) in [5.41, 5.74) is 4.93. The van der Waals surface area contributed by atoms with Crippen molar-refractivity contribution < 1.29 is 20.4 Å². The molecule has 0 spiro atoms. The molecule has 4 aromatic heterocycles. The van der Waals surface area contributed by atoms with E-state index in [0.717, 1.165) is 28.0 Å². The molecule has 4 heterocycles. The molecule has 0 fully saturated rings. The number of halogens is 3. The SMILES string of the molecule is Cc1nn(C)c2ccccc12.Clc1ccnc(Cl)n1.Cn1nc(-c2ccnc(Cl)n2)c2ccccc21.[Pd].c1ccc(P(c2ccccc2)c2ccccc2)cc1.c1ccc(P(c2ccccc2)c2ccccc2)cc1.c1ccc(P(c2ccccc2)c2ccccc2)cc1.c1ccc(P(c2ccccc2)c2ccccc2)cc1. The molecule has 0 atom stereocenters. The van der Waals surface area contributed by atoms with Crippen LogP contribution in [0.25, 0.3) is 33.2 Å². The van der Waals surface area contributed by atoms with Gasteiger partial charge in [-0.15, -0.1) is 0 Å². The standard InChI is InChI=1S/4C18H15P.C12H9ClN4.C9H10N2.C4H2Cl2N2.Pd/c4*1-4-10-16(11-5-1)19(17-12-6-2-7-13-17)18-14-8-3-9-15-18;1-17-10-5-3-2-4-8(10)11(16-17)9-6-7-14-12(13)15-9;1-7-8-5-3-4-6-9(8)11(2)10-7;5-3-1-2-7-4(6)8-3;/h4*1-15H;2-7H,1H3;3-6H,1-2H3;1-2H;. The minimum Gasteiger partial charge on any atom is -0.268 e. The average Bonchev–Trinajstić information content (AvgIpc) is 1.71. The zero-order valence-electron chi connectivity index (χ0n) is 62.4. The molecule has 0 saturated carbocycles. The summed E-state index contributed by atoms with van der Waals surface area (Å²) in [6, 6.07) is 149. The van der Waals surface area contributed by atoms with Gasteiger partial charge in [-0.1, -0.05) is 412 Å². The van der Waals surface area contributed by atoms with E-state index in [1.807, 2.05) is 66.8 Å². The van der Waals surface area contributed by atoms with Crippen LogP contribution in [0.1, 0.15) is 5.69 Å². The van der Waals surface area contributed by atoms with Gasteiger partial charge in [-0.2, -0.15) is 10.2 Å². The van der Waals surface area contributed by atoms with Crippen molar-refractivity contribution in [1.82, 2.24) is 39.5 Å². The summed E-state index contributed by atoms with van der Waals surface area (Å²) in [7, 11) is 2.09. The average molecular weight is 1700 g/mol. The molecule has 0 aliphatic carbocycles. The smallest absolute Gasteiger partial charge is 0.223 e. The zero-order chi connectivity index (χ0) is 77.3. The van der Waals surface area contributed by atoms with Crippen LogP contribution in [0, 0.1) is 6.92 Å². The van der Waals surface area contributed by atoms with Crippen LogP contribution in [-0.2, 0) is 34.5 Å². The zero-order valence-corrected chi connectivity index (χ0v) is 69.8. The Morgan fingerprint density at radius 2 is 0.451 bits per heavy atom. The van der Waals surface area contributed by atoms with Crippen LogP contribution in [0.2, 0.25) is 15.7 Å². The molecule has 14 aromatic carbocycles. The van der Waals surface area contributed by atoms with Crippen molar-refractivity contribution >= 4 is 152 Å². The van der Waals surface area contributed by atoms with Crippen molar-refractivity contribution in [2.45, 2.75) is 6.92 Å². The number of para-hydroxylation sites is 2. The van der Waals surface area contributed by atoms with E-state index >= 15 is 0 Å². The fourth-order valence-electron chi connectivity index (χ4n) is 12.3. The molecule has 0 aliphatic heterocycles. The molecule has 0 radical (unpaired) electrons. The van der Waals surface area contributed by atoms with E-state index in [0.29, 0.717) is 5.15 Å². The minimum absolute atomic E-state index is 0. The molecule has 560 valence electrons. The summed E-state index contributed by atoms with van der Waals surface area (Å²) >= 11 is 16.5. The molecule has 8 nitrogen and oxygen atoms in total. The molecular formula is C97H81Cl3N8P4Pd. The topological polar surface area (TPSA) is 87.2 Å². The molecule has 0 amide bonds. The Labute approximate surface area is 697 Å². The summed E-state index contributed by atoms with van der Waals surface area (Å²) in [5.74, 6) is 0. The van der Waals surface area contributed by atoms with Gasteiger partial charge in [0.15, 0.2) is 0 Å². The second-order valence-corrected chi connectivity index (χ2v) is 34.9. The van der Waals surface area contributed by atoms with Crippen LogP contribution in [0.5, 0.6) is 0 Å². The number of benzene rings is 14. The Bertz CT molecular complexity index is 4830. The maximum Gasteiger partial charge on any atom is 0.223 e.